The van der Waals surface area contributed by atoms with Crippen molar-refractivity contribution in [3.05, 3.63) is 94.7 Å². The predicted octanol–water partition coefficient (Wildman–Crippen LogP) is 3.02. The number of nitro benzene ring substituents is 1. The molecule has 0 aliphatic heterocycles. The molecule has 8 heteroatoms. The summed E-state index contributed by atoms with van der Waals surface area (Å²) in [6.45, 7) is 0.331. The van der Waals surface area contributed by atoms with Crippen molar-refractivity contribution in [1.82, 2.24) is 5.32 Å². The maximum absolute atomic E-state index is 13.1. The SMILES string of the molecule is O=C(c1cccc([N+](=O)[O-])c1)[C@@H](C(=S)NCc1ccco1)[n+]1ccccc1. The van der Waals surface area contributed by atoms with Gasteiger partial charge in [-0.25, -0.2) is 0 Å². The zero-order valence-electron chi connectivity index (χ0n) is 14.1. The van der Waals surface area contributed by atoms with Crippen LogP contribution in [0.25, 0.3) is 0 Å². The zero-order valence-corrected chi connectivity index (χ0v) is 15.0. The fourth-order valence-corrected chi connectivity index (χ4v) is 2.89. The number of furan rings is 1. The number of carbonyl (C=O) groups excluding carboxylic acids is 1. The Balaban J connectivity index is 1.89. The minimum atomic E-state index is -0.835. The molecule has 0 unspecified atom stereocenters. The molecule has 0 radical (unpaired) electrons. The smallest absolute Gasteiger partial charge is 0.270 e. The summed E-state index contributed by atoms with van der Waals surface area (Å²) in [7, 11) is 0. The zero-order chi connectivity index (χ0) is 19.2. The number of thiocarbonyl (C=S) groups is 1. The van der Waals surface area contributed by atoms with Crippen LogP contribution in [0.5, 0.6) is 0 Å². The monoisotopic (exact) mass is 382 g/mol. The molecule has 0 amide bonds. The minimum absolute atomic E-state index is 0.146. The van der Waals surface area contributed by atoms with E-state index in [2.05, 4.69) is 5.32 Å². The van der Waals surface area contributed by atoms with Crippen LogP contribution in [-0.4, -0.2) is 15.7 Å². The number of nitrogens with zero attached hydrogens (tertiary/aromatic N) is 2. The molecule has 2 heterocycles. The van der Waals surface area contributed by atoms with Gasteiger partial charge in [0.15, 0.2) is 17.4 Å². The van der Waals surface area contributed by atoms with Crippen LogP contribution in [0.15, 0.2) is 77.7 Å². The molecule has 136 valence electrons. The van der Waals surface area contributed by atoms with Gasteiger partial charge < -0.3 is 9.73 Å². The molecule has 7 nitrogen and oxygen atoms in total. The Morgan fingerprint density at radius 2 is 1.96 bits per heavy atom. The van der Waals surface area contributed by atoms with Crippen molar-refractivity contribution in [2.75, 3.05) is 0 Å². The summed E-state index contributed by atoms with van der Waals surface area (Å²) in [5.41, 5.74) is 0.0693. The van der Waals surface area contributed by atoms with Gasteiger partial charge in [-0.3, -0.25) is 14.9 Å². The topological polar surface area (TPSA) is 89.3 Å². The van der Waals surface area contributed by atoms with E-state index in [0.29, 0.717) is 17.3 Å². The number of aromatic nitrogens is 1. The lowest BCUT2D eigenvalue weighted by atomic mass is 10.0. The summed E-state index contributed by atoms with van der Waals surface area (Å²) in [6.07, 6.45) is 5.00. The van der Waals surface area contributed by atoms with E-state index in [1.165, 1.54) is 18.2 Å². The number of rotatable bonds is 7. The lowest BCUT2D eigenvalue weighted by molar-refractivity contribution is -0.692. The average Bonchev–Trinajstić information content (AvgIpc) is 3.21. The largest absolute Gasteiger partial charge is 0.467 e. The summed E-state index contributed by atoms with van der Waals surface area (Å²) in [5.74, 6) is 0.337. The summed E-state index contributed by atoms with van der Waals surface area (Å²) in [6, 6.07) is 13.7. The summed E-state index contributed by atoms with van der Waals surface area (Å²) >= 11 is 5.46. The Morgan fingerprint density at radius 3 is 2.63 bits per heavy atom. The lowest BCUT2D eigenvalue weighted by Gasteiger charge is -2.14. The Labute approximate surface area is 160 Å². The van der Waals surface area contributed by atoms with Crippen molar-refractivity contribution < 1.29 is 18.7 Å². The van der Waals surface area contributed by atoms with Crippen LogP contribution in [0.4, 0.5) is 5.69 Å². The highest BCUT2D eigenvalue weighted by atomic mass is 32.1. The Morgan fingerprint density at radius 1 is 1.19 bits per heavy atom. The van der Waals surface area contributed by atoms with Gasteiger partial charge in [-0.15, -0.1) is 0 Å². The third kappa shape index (κ3) is 4.42. The van der Waals surface area contributed by atoms with Gasteiger partial charge in [-0.1, -0.05) is 30.4 Å². The molecule has 3 rings (SSSR count). The molecule has 0 spiro atoms. The van der Waals surface area contributed by atoms with Crippen LogP contribution >= 0.6 is 12.2 Å². The van der Waals surface area contributed by atoms with Crippen LogP contribution in [0.1, 0.15) is 22.2 Å². The quantitative estimate of drug-likeness (QED) is 0.222. The van der Waals surface area contributed by atoms with Gasteiger partial charge in [0.05, 0.1) is 17.7 Å². The Hall–Kier alpha value is -3.39. The maximum atomic E-state index is 13.1. The first-order valence-corrected chi connectivity index (χ1v) is 8.51. The second-order valence-corrected chi connectivity index (χ2v) is 6.13. The second kappa shape index (κ2) is 8.33. The van der Waals surface area contributed by atoms with E-state index >= 15 is 0 Å². The first-order valence-electron chi connectivity index (χ1n) is 8.11. The summed E-state index contributed by atoms with van der Waals surface area (Å²) < 4.78 is 6.93. The minimum Gasteiger partial charge on any atom is -0.467 e. The Bertz CT molecular complexity index is 958. The lowest BCUT2D eigenvalue weighted by Crippen LogP contribution is -2.51. The van der Waals surface area contributed by atoms with E-state index in [4.69, 9.17) is 16.6 Å². The van der Waals surface area contributed by atoms with Gasteiger partial charge in [0, 0.05) is 29.8 Å². The van der Waals surface area contributed by atoms with E-state index in [0.717, 1.165) is 0 Å². The van der Waals surface area contributed by atoms with Crippen molar-refractivity contribution in [2.45, 2.75) is 12.6 Å². The van der Waals surface area contributed by atoms with Crippen LogP contribution < -0.4 is 9.88 Å². The number of Topliss-reactive ketones (excluding diaryl/α,β-unsaturated/α-hetero) is 1. The van der Waals surface area contributed by atoms with Gasteiger partial charge in [-0.05, 0) is 12.1 Å². The van der Waals surface area contributed by atoms with Crippen molar-refractivity contribution >= 4 is 28.7 Å². The molecule has 3 aromatic rings. The van der Waals surface area contributed by atoms with Crippen molar-refractivity contribution in [1.29, 1.82) is 0 Å². The van der Waals surface area contributed by atoms with Crippen LogP contribution in [0, 0.1) is 10.1 Å². The number of benzene rings is 1. The van der Waals surface area contributed by atoms with E-state index in [1.54, 1.807) is 53.6 Å². The van der Waals surface area contributed by atoms with Crippen LogP contribution in [-0.2, 0) is 6.54 Å². The maximum Gasteiger partial charge on any atom is 0.270 e. The second-order valence-electron chi connectivity index (χ2n) is 5.69. The fraction of sp³-hybridized carbons (Fsp3) is 0.105. The third-order valence-corrected chi connectivity index (χ3v) is 4.26. The molecule has 2 aromatic heterocycles. The Kier molecular flexibility index (Phi) is 5.68. The molecule has 1 atom stereocenters. The molecule has 0 aliphatic rings. The van der Waals surface area contributed by atoms with E-state index in [-0.39, 0.29) is 17.0 Å². The molecular formula is C19H16N3O4S+. The standard InChI is InChI=1S/C19H15N3O4S/c23-18(14-6-4-7-15(12-14)22(24)25)17(21-9-2-1-3-10-21)19(27)20-13-16-8-5-11-26-16/h1-12,17H,13H2/p+1/t17-/m0/s1. The molecule has 0 bridgehead atoms. The normalized spacial score (nSPS) is 11.6. The fourth-order valence-electron chi connectivity index (χ4n) is 2.59. The number of carbonyl (C=O) groups is 1. The number of hydrogen-bond donors (Lipinski definition) is 1. The molecule has 1 aromatic carbocycles. The van der Waals surface area contributed by atoms with Crippen LogP contribution in [0.3, 0.4) is 0 Å². The van der Waals surface area contributed by atoms with Crippen molar-refractivity contribution in [3.8, 4) is 0 Å². The summed E-state index contributed by atoms with van der Waals surface area (Å²) in [4.78, 5) is 23.9. The number of hydrogen-bond acceptors (Lipinski definition) is 5. The van der Waals surface area contributed by atoms with E-state index in [9.17, 15) is 14.9 Å². The van der Waals surface area contributed by atoms with Gasteiger partial charge in [0.25, 0.3) is 11.7 Å². The molecule has 1 N–H and O–H groups in total. The number of nitrogens with one attached hydrogen (secondary N) is 1. The van der Waals surface area contributed by atoms with Crippen molar-refractivity contribution in [3.63, 3.8) is 0 Å². The van der Waals surface area contributed by atoms with Crippen molar-refractivity contribution in [2.24, 2.45) is 0 Å². The highest BCUT2D eigenvalue weighted by molar-refractivity contribution is 7.80. The van der Waals surface area contributed by atoms with E-state index < -0.39 is 11.0 Å². The molecule has 0 saturated heterocycles. The molecule has 27 heavy (non-hydrogen) atoms. The molecular weight excluding hydrogens is 366 g/mol. The highest BCUT2D eigenvalue weighted by Gasteiger charge is 2.33. The number of ketones is 1. The first kappa shape index (κ1) is 18.4. The van der Waals surface area contributed by atoms with Gasteiger partial charge in [0.2, 0.25) is 5.78 Å². The van der Waals surface area contributed by atoms with E-state index in [1.807, 2.05) is 6.07 Å². The third-order valence-electron chi connectivity index (χ3n) is 3.89. The van der Waals surface area contributed by atoms with Crippen LogP contribution in [0.2, 0.25) is 0 Å². The highest BCUT2D eigenvalue weighted by Crippen LogP contribution is 2.17. The summed E-state index contributed by atoms with van der Waals surface area (Å²) in [5, 5.41) is 14.1. The molecule has 0 saturated carbocycles. The van der Waals surface area contributed by atoms with Gasteiger partial charge in [0.1, 0.15) is 5.76 Å². The molecule has 0 fully saturated rings. The number of non-ortho nitro benzene ring substituents is 1. The molecule has 0 aliphatic carbocycles. The number of nitro groups is 1. The van der Waals surface area contributed by atoms with Gasteiger partial charge >= 0.3 is 0 Å². The average molecular weight is 382 g/mol. The van der Waals surface area contributed by atoms with Gasteiger partial charge in [-0.2, -0.15) is 4.57 Å². The predicted molar refractivity (Wildman–Crippen MR) is 101 cm³/mol. The first-order chi connectivity index (χ1) is 13.1. The number of pyridine rings is 1.